The lowest BCUT2D eigenvalue weighted by Gasteiger charge is -2.32. The molecule has 6 heteroatoms. The molecule has 1 atom stereocenters. The summed E-state index contributed by atoms with van der Waals surface area (Å²) in [5, 5.41) is 2.80. The van der Waals surface area contributed by atoms with E-state index in [4.69, 9.17) is 0 Å². The molecule has 1 aromatic heterocycles. The van der Waals surface area contributed by atoms with Gasteiger partial charge in [0.05, 0.1) is 0 Å². The Labute approximate surface area is 171 Å². The minimum atomic E-state index is -0.889. The summed E-state index contributed by atoms with van der Waals surface area (Å²) < 4.78 is 26.2. The zero-order valence-electron chi connectivity index (χ0n) is 17.0. The van der Waals surface area contributed by atoms with Crippen molar-refractivity contribution in [2.75, 3.05) is 19.6 Å². The van der Waals surface area contributed by atoms with Crippen LogP contribution in [-0.4, -0.2) is 35.4 Å². The van der Waals surface area contributed by atoms with Crippen LogP contribution in [-0.2, 0) is 17.8 Å². The standard InChI is InChI=1S/C23H29F2N3O/c1-17-4-2-6-20(27-17)11-13-28-12-3-5-18(16-28)8-10-23(29)26-15-19-7-9-21(24)22(25)14-19/h2,4,6-7,9,14,18H,3,5,8,10-13,15-16H2,1H3,(H,26,29)/t18-/m0/s1. The van der Waals surface area contributed by atoms with Crippen LogP contribution in [0, 0.1) is 24.5 Å². The Hall–Kier alpha value is -2.34. The molecule has 2 heterocycles. The zero-order chi connectivity index (χ0) is 20.6. The topological polar surface area (TPSA) is 45.2 Å². The van der Waals surface area contributed by atoms with Crippen LogP contribution in [0.2, 0.25) is 0 Å². The number of carbonyl (C=O) groups excluding carboxylic acids is 1. The van der Waals surface area contributed by atoms with Gasteiger partial charge in [-0.15, -0.1) is 0 Å². The highest BCUT2D eigenvalue weighted by Crippen LogP contribution is 2.21. The van der Waals surface area contributed by atoms with Crippen molar-refractivity contribution >= 4 is 5.91 Å². The summed E-state index contributed by atoms with van der Waals surface area (Å²) in [6, 6.07) is 9.83. The maximum absolute atomic E-state index is 13.2. The first kappa shape index (κ1) is 21.4. The van der Waals surface area contributed by atoms with Crippen LogP contribution >= 0.6 is 0 Å². The summed E-state index contributed by atoms with van der Waals surface area (Å²) >= 11 is 0. The Morgan fingerprint density at radius 3 is 2.90 bits per heavy atom. The maximum atomic E-state index is 13.2. The van der Waals surface area contributed by atoms with Gasteiger partial charge in [0.2, 0.25) is 5.91 Å². The van der Waals surface area contributed by atoms with E-state index in [9.17, 15) is 13.6 Å². The van der Waals surface area contributed by atoms with E-state index in [-0.39, 0.29) is 12.5 Å². The highest BCUT2D eigenvalue weighted by atomic mass is 19.2. The van der Waals surface area contributed by atoms with Crippen LogP contribution in [0.3, 0.4) is 0 Å². The molecule has 1 saturated heterocycles. The third-order valence-corrected chi connectivity index (χ3v) is 5.49. The van der Waals surface area contributed by atoms with Gasteiger partial charge >= 0.3 is 0 Å². The third-order valence-electron chi connectivity index (χ3n) is 5.49. The Balaban J connectivity index is 1.37. The van der Waals surface area contributed by atoms with Crippen molar-refractivity contribution < 1.29 is 13.6 Å². The Morgan fingerprint density at radius 2 is 2.10 bits per heavy atom. The average Bonchev–Trinajstić information content (AvgIpc) is 2.72. The molecule has 0 bridgehead atoms. The first-order valence-corrected chi connectivity index (χ1v) is 10.3. The van der Waals surface area contributed by atoms with Crippen molar-refractivity contribution in [1.29, 1.82) is 0 Å². The summed E-state index contributed by atoms with van der Waals surface area (Å²) in [6.45, 7) is 5.34. The quantitative estimate of drug-likeness (QED) is 0.727. The van der Waals surface area contributed by atoms with E-state index in [2.05, 4.69) is 27.3 Å². The number of hydrogen-bond donors (Lipinski definition) is 1. The molecule has 2 aromatic rings. The number of halogens is 2. The van der Waals surface area contributed by atoms with E-state index < -0.39 is 11.6 Å². The largest absolute Gasteiger partial charge is 0.352 e. The van der Waals surface area contributed by atoms with Crippen LogP contribution in [0.1, 0.15) is 42.6 Å². The fourth-order valence-corrected chi connectivity index (χ4v) is 3.88. The maximum Gasteiger partial charge on any atom is 0.220 e. The van der Waals surface area contributed by atoms with Gasteiger partial charge in [0.15, 0.2) is 11.6 Å². The molecule has 0 unspecified atom stereocenters. The molecule has 1 fully saturated rings. The molecule has 29 heavy (non-hydrogen) atoms. The molecule has 1 N–H and O–H groups in total. The Bertz CT molecular complexity index is 828. The fraction of sp³-hybridized carbons (Fsp3) is 0.478. The number of nitrogens with one attached hydrogen (secondary N) is 1. The molecule has 0 saturated carbocycles. The van der Waals surface area contributed by atoms with E-state index in [1.807, 2.05) is 13.0 Å². The lowest BCUT2D eigenvalue weighted by Crippen LogP contribution is -2.37. The Morgan fingerprint density at radius 1 is 1.24 bits per heavy atom. The minimum Gasteiger partial charge on any atom is -0.352 e. The smallest absolute Gasteiger partial charge is 0.220 e. The molecule has 0 spiro atoms. The molecule has 156 valence electrons. The number of aryl methyl sites for hydroxylation is 1. The van der Waals surface area contributed by atoms with Gasteiger partial charge in [-0.2, -0.15) is 0 Å². The SMILES string of the molecule is Cc1cccc(CCN2CCC[C@@H](CCC(=O)NCc3ccc(F)c(F)c3)C2)n1. The molecule has 3 rings (SSSR count). The summed E-state index contributed by atoms with van der Waals surface area (Å²) in [5.74, 6) is -1.29. The molecule has 1 aliphatic rings. The molecule has 0 radical (unpaired) electrons. The normalized spacial score (nSPS) is 17.3. The second-order valence-corrected chi connectivity index (χ2v) is 7.89. The van der Waals surface area contributed by atoms with Gasteiger partial charge in [0.1, 0.15) is 0 Å². The van der Waals surface area contributed by atoms with Crippen LogP contribution in [0.15, 0.2) is 36.4 Å². The molecule has 1 amide bonds. The molecule has 1 aliphatic heterocycles. The van der Waals surface area contributed by atoms with E-state index in [0.717, 1.165) is 68.8 Å². The predicted molar refractivity (Wildman–Crippen MR) is 109 cm³/mol. The average molecular weight is 402 g/mol. The van der Waals surface area contributed by atoms with Crippen molar-refractivity contribution in [3.63, 3.8) is 0 Å². The van der Waals surface area contributed by atoms with Gasteiger partial charge in [-0.05, 0) is 68.5 Å². The highest BCUT2D eigenvalue weighted by molar-refractivity contribution is 5.75. The van der Waals surface area contributed by atoms with Crippen LogP contribution in [0.5, 0.6) is 0 Å². The molecule has 4 nitrogen and oxygen atoms in total. The van der Waals surface area contributed by atoms with Crippen LogP contribution < -0.4 is 5.32 Å². The number of likely N-dealkylation sites (tertiary alicyclic amines) is 1. The van der Waals surface area contributed by atoms with Gasteiger partial charge in [0.25, 0.3) is 0 Å². The van der Waals surface area contributed by atoms with E-state index in [1.165, 1.54) is 6.07 Å². The zero-order valence-corrected chi connectivity index (χ0v) is 17.0. The first-order valence-electron chi connectivity index (χ1n) is 10.3. The summed E-state index contributed by atoms with van der Waals surface area (Å²) in [6.07, 6.45) is 4.56. The predicted octanol–water partition coefficient (Wildman–Crippen LogP) is 4.02. The van der Waals surface area contributed by atoms with Gasteiger partial charge in [0, 0.05) is 43.9 Å². The van der Waals surface area contributed by atoms with Crippen molar-refractivity contribution in [2.45, 2.75) is 45.6 Å². The number of nitrogens with zero attached hydrogens (tertiary/aromatic N) is 2. The lowest BCUT2D eigenvalue weighted by atomic mass is 9.93. The summed E-state index contributed by atoms with van der Waals surface area (Å²) in [5.41, 5.74) is 2.74. The number of amides is 1. The fourth-order valence-electron chi connectivity index (χ4n) is 3.88. The van der Waals surface area contributed by atoms with Crippen molar-refractivity contribution in [2.24, 2.45) is 5.92 Å². The van der Waals surface area contributed by atoms with E-state index >= 15 is 0 Å². The van der Waals surface area contributed by atoms with Gasteiger partial charge in [-0.3, -0.25) is 9.78 Å². The first-order chi connectivity index (χ1) is 14.0. The molecular formula is C23H29F2N3O. The second-order valence-electron chi connectivity index (χ2n) is 7.89. The van der Waals surface area contributed by atoms with Gasteiger partial charge < -0.3 is 10.2 Å². The van der Waals surface area contributed by atoms with E-state index in [0.29, 0.717) is 17.9 Å². The minimum absolute atomic E-state index is 0.0455. The summed E-state index contributed by atoms with van der Waals surface area (Å²) in [7, 11) is 0. The monoisotopic (exact) mass is 401 g/mol. The van der Waals surface area contributed by atoms with Gasteiger partial charge in [-0.25, -0.2) is 8.78 Å². The van der Waals surface area contributed by atoms with E-state index in [1.54, 1.807) is 0 Å². The summed E-state index contributed by atoms with van der Waals surface area (Å²) in [4.78, 5) is 19.2. The van der Waals surface area contributed by atoms with Crippen molar-refractivity contribution in [3.05, 3.63) is 65.0 Å². The number of piperidine rings is 1. The lowest BCUT2D eigenvalue weighted by molar-refractivity contribution is -0.121. The molecular weight excluding hydrogens is 372 g/mol. The van der Waals surface area contributed by atoms with Crippen molar-refractivity contribution in [3.8, 4) is 0 Å². The van der Waals surface area contributed by atoms with Crippen LogP contribution in [0.4, 0.5) is 8.78 Å². The number of rotatable bonds is 8. The number of benzene rings is 1. The van der Waals surface area contributed by atoms with Crippen LogP contribution in [0.25, 0.3) is 0 Å². The number of pyridine rings is 1. The molecule has 0 aliphatic carbocycles. The number of aromatic nitrogens is 1. The third kappa shape index (κ3) is 6.89. The second kappa shape index (κ2) is 10.4. The van der Waals surface area contributed by atoms with Gasteiger partial charge in [-0.1, -0.05) is 12.1 Å². The Kier molecular flexibility index (Phi) is 7.69. The number of hydrogen-bond acceptors (Lipinski definition) is 3. The molecule has 1 aromatic carbocycles. The highest BCUT2D eigenvalue weighted by Gasteiger charge is 2.20. The number of carbonyl (C=O) groups is 1. The van der Waals surface area contributed by atoms with Crippen molar-refractivity contribution in [1.82, 2.24) is 15.2 Å².